The van der Waals surface area contributed by atoms with Gasteiger partial charge in [-0.15, -0.1) is 5.10 Å². The first kappa shape index (κ1) is 25.9. The van der Waals surface area contributed by atoms with E-state index < -0.39 is 21.6 Å². The van der Waals surface area contributed by atoms with E-state index in [0.29, 0.717) is 68.2 Å². The number of likely N-dealkylation sites (N-methyl/N-ethyl adjacent to an activating group) is 1. The summed E-state index contributed by atoms with van der Waals surface area (Å²) in [6.45, 7) is 7.73. The number of aryl methyl sites for hydroxylation is 2. The number of sulfonamides is 1. The molecule has 11 nitrogen and oxygen atoms in total. The van der Waals surface area contributed by atoms with E-state index in [1.807, 2.05) is 14.0 Å². The van der Waals surface area contributed by atoms with Gasteiger partial charge in [-0.1, -0.05) is 13.3 Å². The van der Waals surface area contributed by atoms with Crippen molar-refractivity contribution >= 4 is 21.5 Å². The maximum atomic E-state index is 13.4. The van der Waals surface area contributed by atoms with E-state index >= 15 is 0 Å². The third-order valence-corrected chi connectivity index (χ3v) is 8.35. The van der Waals surface area contributed by atoms with Crippen molar-refractivity contribution in [3.05, 3.63) is 45.4 Å². The largest absolute Gasteiger partial charge is 0.561 e. The maximum absolute atomic E-state index is 13.4. The number of nitrogens with one attached hydrogen (secondary N) is 1. The summed E-state index contributed by atoms with van der Waals surface area (Å²) in [5, 5.41) is 12.3. The zero-order chi connectivity index (χ0) is 26.2. The van der Waals surface area contributed by atoms with Crippen LogP contribution in [-0.4, -0.2) is 83.1 Å². The molecule has 0 bridgehead atoms. The number of aromatic amines is 1. The van der Waals surface area contributed by atoms with Crippen molar-refractivity contribution in [1.29, 1.82) is 0 Å². The Balaban J connectivity index is 1.91. The molecule has 1 fully saturated rings. The van der Waals surface area contributed by atoms with Crippen LogP contribution in [0, 0.1) is 6.92 Å². The van der Waals surface area contributed by atoms with Gasteiger partial charge >= 0.3 is 5.97 Å². The van der Waals surface area contributed by atoms with Gasteiger partial charge < -0.3 is 19.7 Å². The molecule has 12 heteroatoms. The summed E-state index contributed by atoms with van der Waals surface area (Å²) >= 11 is 0. The molecule has 1 saturated heterocycles. The highest BCUT2D eigenvalue weighted by atomic mass is 32.2. The number of carbonyl (C=O) groups is 1. The molecule has 3 heterocycles. The average molecular weight is 519 g/mol. The van der Waals surface area contributed by atoms with E-state index in [4.69, 9.17) is 9.84 Å². The number of piperazine rings is 1. The van der Waals surface area contributed by atoms with Crippen molar-refractivity contribution in [2.75, 3.05) is 39.8 Å². The van der Waals surface area contributed by atoms with Crippen LogP contribution in [0.15, 0.2) is 27.9 Å². The Kier molecular flexibility index (Phi) is 7.21. The van der Waals surface area contributed by atoms with Crippen LogP contribution in [0.3, 0.4) is 0 Å². The first-order valence-corrected chi connectivity index (χ1v) is 13.4. The van der Waals surface area contributed by atoms with E-state index in [1.54, 1.807) is 19.9 Å². The molecule has 0 amide bonds. The van der Waals surface area contributed by atoms with Crippen LogP contribution in [0.25, 0.3) is 16.9 Å². The van der Waals surface area contributed by atoms with Gasteiger partial charge in [0, 0.05) is 36.5 Å². The van der Waals surface area contributed by atoms with Gasteiger partial charge in [0.15, 0.2) is 5.82 Å². The number of benzene rings is 1. The summed E-state index contributed by atoms with van der Waals surface area (Å²) in [7, 11) is -1.82. The monoisotopic (exact) mass is 518 g/mol. The molecular weight excluding hydrogens is 486 g/mol. The van der Waals surface area contributed by atoms with Crippen molar-refractivity contribution in [3.8, 4) is 17.1 Å². The summed E-state index contributed by atoms with van der Waals surface area (Å²) in [5.74, 6) is -0.393. The highest BCUT2D eigenvalue weighted by Crippen LogP contribution is 2.32. The minimum Gasteiger partial charge on any atom is -0.561 e. The van der Waals surface area contributed by atoms with E-state index in [9.17, 15) is 18.0 Å². The van der Waals surface area contributed by atoms with Crippen molar-refractivity contribution in [2.45, 2.75) is 38.5 Å². The fourth-order valence-electron chi connectivity index (χ4n) is 4.61. The molecule has 0 saturated carbocycles. The smallest absolute Gasteiger partial charge is 0.551 e. The standard InChI is InChI=1S/C24H31N5O6S/c1-5-7-18-20(24(31)32)15(3)21-23(30)25-22(26-29(18)21)17-14-16(8-9-19(17)35-6-2)36(33,34)28-12-10-27(4)11-13-28/h8-9,14H,5-7,10-13H2,1-4H3,(H,31,32)(H,25,26,30)/p+1. The third-order valence-electron chi connectivity index (χ3n) is 6.45. The van der Waals surface area contributed by atoms with Gasteiger partial charge in [0.1, 0.15) is 16.8 Å². The van der Waals surface area contributed by atoms with E-state index in [1.165, 1.54) is 21.0 Å². The number of hydrogen-bond donors (Lipinski definition) is 1. The lowest BCUT2D eigenvalue weighted by atomic mass is 10.1. The summed E-state index contributed by atoms with van der Waals surface area (Å²) in [6, 6.07) is 4.53. The Morgan fingerprint density at radius 1 is 1.19 bits per heavy atom. The minimum absolute atomic E-state index is 0.0766. The molecule has 194 valence electrons. The van der Waals surface area contributed by atoms with Gasteiger partial charge in [0.25, 0.3) is 5.56 Å². The number of ether oxygens (including phenoxy) is 1. The lowest BCUT2D eigenvalue weighted by Crippen LogP contribution is -2.47. The van der Waals surface area contributed by atoms with Gasteiger partial charge in [-0.25, -0.2) is 12.9 Å². The zero-order valence-electron chi connectivity index (χ0n) is 20.9. The summed E-state index contributed by atoms with van der Waals surface area (Å²) in [5.41, 5.74) is 1.07. The number of fused-ring (bicyclic) bond motifs is 1. The Labute approximate surface area is 209 Å². The zero-order valence-corrected chi connectivity index (χ0v) is 21.7. The number of rotatable bonds is 8. The van der Waals surface area contributed by atoms with E-state index in [0.717, 1.165) is 0 Å². The second-order valence-electron chi connectivity index (χ2n) is 8.89. The van der Waals surface area contributed by atoms with Crippen LogP contribution in [0.1, 0.15) is 41.9 Å². The predicted octanol–water partition coefficient (Wildman–Crippen LogP) is 1.15. The highest BCUT2D eigenvalue weighted by Gasteiger charge is 2.30. The van der Waals surface area contributed by atoms with Crippen LogP contribution < -0.4 is 10.3 Å². The quantitative estimate of drug-likeness (QED) is 0.441. The minimum atomic E-state index is -3.78. The first-order valence-electron chi connectivity index (χ1n) is 12.0. The van der Waals surface area contributed by atoms with Gasteiger partial charge in [-0.2, -0.15) is 4.31 Å². The normalized spacial score (nSPS) is 15.4. The number of H-pyrrole nitrogens is 1. The Hall–Kier alpha value is -3.22. The number of aromatic nitrogens is 3. The maximum Gasteiger partial charge on any atom is 0.551 e. The van der Waals surface area contributed by atoms with E-state index in [2.05, 4.69) is 15.0 Å². The van der Waals surface area contributed by atoms with Gasteiger partial charge in [0.2, 0.25) is 10.0 Å². The molecule has 1 aliphatic heterocycles. The average Bonchev–Trinajstić information content (AvgIpc) is 3.11. The molecule has 0 unspecified atom stereocenters. The molecule has 2 aromatic heterocycles. The molecule has 0 atom stereocenters. The molecule has 4 rings (SSSR count). The van der Waals surface area contributed by atoms with Crippen molar-refractivity contribution in [3.63, 3.8) is 0 Å². The van der Waals surface area contributed by atoms with Gasteiger partial charge in [-0.05, 0) is 45.5 Å². The highest BCUT2D eigenvalue weighted by molar-refractivity contribution is 7.89. The van der Waals surface area contributed by atoms with Crippen LogP contribution in [0.2, 0.25) is 0 Å². The summed E-state index contributed by atoms with van der Waals surface area (Å²) < 4.78 is 35.4. The van der Waals surface area contributed by atoms with Crippen LogP contribution >= 0.6 is 0 Å². The topological polar surface area (TPSA) is 140 Å². The molecule has 3 aromatic rings. The Morgan fingerprint density at radius 2 is 1.89 bits per heavy atom. The molecule has 0 radical (unpaired) electrons. The molecule has 0 aliphatic carbocycles. The molecular formula is C24H32N5O6S+. The predicted molar refractivity (Wildman–Crippen MR) is 135 cm³/mol. The number of nitrogens with zero attached hydrogens (tertiary/aromatic N) is 4. The molecule has 1 aliphatic rings. The fourth-order valence-corrected chi connectivity index (χ4v) is 6.06. The Bertz CT molecular complexity index is 1470. The van der Waals surface area contributed by atoms with Crippen LogP contribution in [-0.2, 0) is 16.4 Å². The Morgan fingerprint density at radius 3 is 2.50 bits per heavy atom. The second-order valence-corrected chi connectivity index (χ2v) is 10.8. The summed E-state index contributed by atoms with van der Waals surface area (Å²) in [6.07, 6.45) is 1.12. The van der Waals surface area contributed by atoms with Crippen molar-refractivity contribution in [2.24, 2.45) is 0 Å². The van der Waals surface area contributed by atoms with Crippen LogP contribution in [0.4, 0.5) is 0 Å². The van der Waals surface area contributed by atoms with E-state index in [-0.39, 0.29) is 21.8 Å². The molecule has 36 heavy (non-hydrogen) atoms. The fraction of sp³-hybridized carbons (Fsp3) is 0.458. The van der Waals surface area contributed by atoms with Crippen molar-refractivity contribution < 1.29 is 23.1 Å². The lowest BCUT2D eigenvalue weighted by Gasteiger charge is -2.31. The summed E-state index contributed by atoms with van der Waals surface area (Å²) in [4.78, 5) is 30.1. The van der Waals surface area contributed by atoms with Gasteiger partial charge in [-0.3, -0.25) is 4.79 Å². The first-order chi connectivity index (χ1) is 17.1. The number of hydrogen-bond acceptors (Lipinski definition) is 7. The lowest BCUT2D eigenvalue weighted by molar-refractivity contribution is 0.0695. The molecule has 0 spiro atoms. The number of carbonyl (C=O) groups excluding carboxylic acids is 1. The SMILES string of the molecule is CCCc1c(C(=O)[OH2+])c(C)c2c(=O)[nH]c(-c3cc(S(=O)(=O)N4CCN(C)CC4)ccc3OCC)nn12. The molecule has 1 aromatic carbocycles. The molecule has 3 N–H and O–H groups in total. The second kappa shape index (κ2) is 10.0. The third kappa shape index (κ3) is 4.51. The van der Waals surface area contributed by atoms with Crippen molar-refractivity contribution in [1.82, 2.24) is 23.8 Å². The van der Waals surface area contributed by atoms with Gasteiger partial charge in [0.05, 0.1) is 22.8 Å². The van der Waals surface area contributed by atoms with Crippen LogP contribution in [0.5, 0.6) is 5.75 Å².